The lowest BCUT2D eigenvalue weighted by Gasteiger charge is -2.00. The van der Waals surface area contributed by atoms with Gasteiger partial charge in [-0.1, -0.05) is 0 Å². The number of carbonyl (C=O) groups excluding carboxylic acids is 1. The number of hydrogen-bond donors (Lipinski definition) is 0. The predicted octanol–water partition coefficient (Wildman–Crippen LogP) is 2.73. The van der Waals surface area contributed by atoms with Crippen LogP contribution in [0.3, 0.4) is 0 Å². The third kappa shape index (κ3) is 3.16. The van der Waals surface area contributed by atoms with Crippen LogP contribution in [0.2, 0.25) is 0 Å². The first-order valence-electron chi connectivity index (χ1n) is 4.84. The average Bonchev–Trinajstić information content (AvgIpc) is 2.45. The molecule has 0 atom stereocenters. The lowest BCUT2D eigenvalue weighted by atomic mass is 10.2. The highest BCUT2D eigenvalue weighted by molar-refractivity contribution is 7.12. The number of esters is 1. The minimum atomic E-state index is -0.261. The predicted molar refractivity (Wildman–Crippen MR) is 61.9 cm³/mol. The Morgan fingerprint density at radius 3 is 2.67 bits per heavy atom. The van der Waals surface area contributed by atoms with Gasteiger partial charge in [0.25, 0.3) is 0 Å². The molecule has 0 aromatic carbocycles. The van der Waals surface area contributed by atoms with Gasteiger partial charge in [-0.15, -0.1) is 11.3 Å². The summed E-state index contributed by atoms with van der Waals surface area (Å²) in [5.41, 5.74) is 1.57. The van der Waals surface area contributed by atoms with Crippen molar-refractivity contribution >= 4 is 23.4 Å². The molecule has 0 spiro atoms. The van der Waals surface area contributed by atoms with Crippen molar-refractivity contribution in [2.75, 3.05) is 6.61 Å². The summed E-state index contributed by atoms with van der Waals surface area (Å²) in [6.07, 6.45) is 1.83. The third-order valence-electron chi connectivity index (χ3n) is 1.88. The minimum Gasteiger partial charge on any atom is -0.463 e. The summed E-state index contributed by atoms with van der Waals surface area (Å²) in [7, 11) is 0. The van der Waals surface area contributed by atoms with E-state index >= 15 is 0 Å². The number of rotatable bonds is 3. The van der Waals surface area contributed by atoms with Crippen molar-refractivity contribution in [3.63, 3.8) is 0 Å². The Morgan fingerprint density at radius 1 is 1.53 bits per heavy atom. The zero-order valence-electron chi connectivity index (χ0n) is 9.46. The molecule has 82 valence electrons. The number of nitrogens with zero attached hydrogens (tertiary/aromatic N) is 1. The van der Waals surface area contributed by atoms with Crippen LogP contribution in [-0.4, -0.2) is 17.6 Å². The monoisotopic (exact) mass is 225 g/mol. The lowest BCUT2D eigenvalue weighted by Crippen LogP contribution is -2.04. The van der Waals surface area contributed by atoms with Gasteiger partial charge in [-0.05, 0) is 33.8 Å². The van der Waals surface area contributed by atoms with E-state index in [1.165, 1.54) is 0 Å². The fourth-order valence-corrected chi connectivity index (χ4v) is 2.11. The number of hydrogen-bond acceptors (Lipinski definition) is 4. The second-order valence-corrected chi connectivity index (χ2v) is 4.47. The summed E-state index contributed by atoms with van der Waals surface area (Å²) >= 11 is 1.58. The van der Waals surface area contributed by atoms with Crippen LogP contribution in [0.25, 0.3) is 6.08 Å². The van der Waals surface area contributed by atoms with Gasteiger partial charge in [-0.25, -0.2) is 9.78 Å². The molecule has 0 saturated heterocycles. The maximum atomic E-state index is 11.4. The standard InChI is InChI=1S/C11H15NO2S/c1-5-14-11(13)7(2)6-10-8(3)12-9(4)15-10/h6H,5H2,1-4H3. The van der Waals surface area contributed by atoms with Crippen LogP contribution in [0.15, 0.2) is 5.57 Å². The van der Waals surface area contributed by atoms with E-state index in [2.05, 4.69) is 4.98 Å². The largest absolute Gasteiger partial charge is 0.463 e. The Balaban J connectivity index is 2.87. The highest BCUT2D eigenvalue weighted by Crippen LogP contribution is 2.20. The van der Waals surface area contributed by atoms with Gasteiger partial charge in [0.1, 0.15) is 0 Å². The van der Waals surface area contributed by atoms with Gasteiger partial charge in [0.05, 0.1) is 22.2 Å². The second-order valence-electron chi connectivity index (χ2n) is 3.23. The van der Waals surface area contributed by atoms with Crippen molar-refractivity contribution in [1.82, 2.24) is 4.98 Å². The molecule has 0 aliphatic carbocycles. The van der Waals surface area contributed by atoms with Crippen LogP contribution in [0.1, 0.15) is 29.4 Å². The van der Waals surface area contributed by atoms with E-state index in [1.807, 2.05) is 19.9 Å². The van der Waals surface area contributed by atoms with Crippen molar-refractivity contribution in [2.24, 2.45) is 0 Å². The van der Waals surface area contributed by atoms with E-state index in [0.717, 1.165) is 15.6 Å². The van der Waals surface area contributed by atoms with Crippen LogP contribution < -0.4 is 0 Å². The zero-order valence-corrected chi connectivity index (χ0v) is 10.3. The first-order chi connectivity index (χ1) is 7.04. The Kier molecular flexibility index (Phi) is 4.03. The SMILES string of the molecule is CCOC(=O)C(C)=Cc1sc(C)nc1C. The van der Waals surface area contributed by atoms with Crippen molar-refractivity contribution in [3.8, 4) is 0 Å². The molecule has 0 fully saturated rings. The van der Waals surface area contributed by atoms with E-state index < -0.39 is 0 Å². The lowest BCUT2D eigenvalue weighted by molar-refractivity contribution is -0.138. The highest BCUT2D eigenvalue weighted by Gasteiger charge is 2.07. The highest BCUT2D eigenvalue weighted by atomic mass is 32.1. The molecular weight excluding hydrogens is 210 g/mol. The Morgan fingerprint density at radius 2 is 2.20 bits per heavy atom. The first-order valence-corrected chi connectivity index (χ1v) is 5.65. The minimum absolute atomic E-state index is 0.261. The number of aryl methyl sites for hydroxylation is 2. The molecule has 0 N–H and O–H groups in total. The quantitative estimate of drug-likeness (QED) is 0.586. The molecule has 15 heavy (non-hydrogen) atoms. The third-order valence-corrected chi connectivity index (χ3v) is 2.90. The molecule has 3 nitrogen and oxygen atoms in total. The molecule has 0 unspecified atom stereocenters. The first kappa shape index (κ1) is 11.9. The van der Waals surface area contributed by atoms with Gasteiger partial charge in [-0.2, -0.15) is 0 Å². The van der Waals surface area contributed by atoms with E-state index in [9.17, 15) is 4.79 Å². The summed E-state index contributed by atoms with van der Waals surface area (Å²) in [5, 5.41) is 1.01. The number of aromatic nitrogens is 1. The average molecular weight is 225 g/mol. The van der Waals surface area contributed by atoms with Crippen LogP contribution in [0, 0.1) is 13.8 Å². The Labute approximate surface area is 93.8 Å². The molecule has 0 aliphatic rings. The van der Waals surface area contributed by atoms with Gasteiger partial charge in [0, 0.05) is 5.57 Å². The van der Waals surface area contributed by atoms with Crippen LogP contribution in [0.4, 0.5) is 0 Å². The van der Waals surface area contributed by atoms with Crippen molar-refractivity contribution < 1.29 is 9.53 Å². The Bertz CT molecular complexity index is 393. The maximum Gasteiger partial charge on any atom is 0.333 e. The van der Waals surface area contributed by atoms with Gasteiger partial charge in [0.15, 0.2) is 0 Å². The molecule has 4 heteroatoms. The maximum absolute atomic E-state index is 11.4. The number of carbonyl (C=O) groups is 1. The summed E-state index contributed by atoms with van der Waals surface area (Å²) in [6.45, 7) is 7.85. The summed E-state index contributed by atoms with van der Waals surface area (Å²) in [6, 6.07) is 0. The Hall–Kier alpha value is -1.16. The van der Waals surface area contributed by atoms with Crippen molar-refractivity contribution in [1.29, 1.82) is 0 Å². The fourth-order valence-electron chi connectivity index (χ4n) is 1.18. The molecule has 1 aromatic rings. The fraction of sp³-hybridized carbons (Fsp3) is 0.455. The second kappa shape index (κ2) is 5.07. The molecule has 1 heterocycles. The molecule has 1 aromatic heterocycles. The molecule has 0 aliphatic heterocycles. The van der Waals surface area contributed by atoms with Crippen LogP contribution in [0.5, 0.6) is 0 Å². The van der Waals surface area contributed by atoms with Gasteiger partial charge in [-0.3, -0.25) is 0 Å². The molecule has 0 radical (unpaired) electrons. The van der Waals surface area contributed by atoms with Crippen molar-refractivity contribution in [3.05, 3.63) is 21.2 Å². The normalized spacial score (nSPS) is 11.6. The molecule has 1 rings (SSSR count). The van der Waals surface area contributed by atoms with Gasteiger partial charge >= 0.3 is 5.97 Å². The molecular formula is C11H15NO2S. The van der Waals surface area contributed by atoms with E-state index in [0.29, 0.717) is 12.2 Å². The molecule has 0 saturated carbocycles. The molecule has 0 amide bonds. The van der Waals surface area contributed by atoms with Crippen LogP contribution >= 0.6 is 11.3 Å². The number of thiazole rings is 1. The smallest absolute Gasteiger partial charge is 0.333 e. The van der Waals surface area contributed by atoms with Gasteiger partial charge < -0.3 is 4.74 Å². The van der Waals surface area contributed by atoms with Crippen molar-refractivity contribution in [2.45, 2.75) is 27.7 Å². The topological polar surface area (TPSA) is 39.2 Å². The number of ether oxygens (including phenoxy) is 1. The van der Waals surface area contributed by atoms with E-state index in [4.69, 9.17) is 4.74 Å². The summed E-state index contributed by atoms with van der Waals surface area (Å²) in [4.78, 5) is 16.7. The van der Waals surface area contributed by atoms with E-state index in [-0.39, 0.29) is 5.97 Å². The van der Waals surface area contributed by atoms with E-state index in [1.54, 1.807) is 25.2 Å². The molecule has 0 bridgehead atoms. The van der Waals surface area contributed by atoms with Crippen LogP contribution in [-0.2, 0) is 9.53 Å². The summed E-state index contributed by atoms with van der Waals surface area (Å²) in [5.74, 6) is -0.261. The zero-order chi connectivity index (χ0) is 11.4. The summed E-state index contributed by atoms with van der Waals surface area (Å²) < 4.78 is 4.90. The van der Waals surface area contributed by atoms with Gasteiger partial charge in [0.2, 0.25) is 0 Å².